The van der Waals surface area contributed by atoms with Crippen molar-refractivity contribution in [3.8, 4) is 11.3 Å². The van der Waals surface area contributed by atoms with E-state index in [0.29, 0.717) is 22.2 Å². The van der Waals surface area contributed by atoms with E-state index < -0.39 is 0 Å². The third kappa shape index (κ3) is 3.51. The first-order valence-electron chi connectivity index (χ1n) is 6.62. The highest BCUT2D eigenvalue weighted by Gasteiger charge is 2.11. The van der Waals surface area contributed by atoms with Gasteiger partial charge >= 0.3 is 0 Å². The van der Waals surface area contributed by atoms with E-state index in [1.165, 1.54) is 0 Å². The van der Waals surface area contributed by atoms with Gasteiger partial charge in [0.15, 0.2) is 5.76 Å². The predicted molar refractivity (Wildman–Crippen MR) is 83.5 cm³/mol. The third-order valence-electron chi connectivity index (χ3n) is 2.99. The van der Waals surface area contributed by atoms with Crippen LogP contribution in [0.25, 0.3) is 11.3 Å². The van der Waals surface area contributed by atoms with Crippen LogP contribution < -0.4 is 5.32 Å². The van der Waals surface area contributed by atoms with Gasteiger partial charge in [-0.05, 0) is 36.4 Å². The van der Waals surface area contributed by atoms with Crippen molar-refractivity contribution in [3.05, 3.63) is 65.6 Å². The Morgan fingerprint density at radius 2 is 1.86 bits per heavy atom. The summed E-state index contributed by atoms with van der Waals surface area (Å²) in [5.74, 6) is 0.436. The first-order valence-corrected chi connectivity index (χ1v) is 7.00. The molecule has 0 unspecified atom stereocenters. The Balaban J connectivity index is 1.66. The van der Waals surface area contributed by atoms with E-state index in [1.54, 1.807) is 42.7 Å². The van der Waals surface area contributed by atoms with Gasteiger partial charge < -0.3 is 9.84 Å². The summed E-state index contributed by atoms with van der Waals surface area (Å²) in [5.41, 5.74) is 2.12. The quantitative estimate of drug-likeness (QED) is 0.799. The number of rotatable bonds is 4. The average molecular weight is 314 g/mol. The Kier molecular flexibility index (Phi) is 4.16. The van der Waals surface area contributed by atoms with E-state index in [-0.39, 0.29) is 12.3 Å². The zero-order valence-corrected chi connectivity index (χ0v) is 12.2. The minimum atomic E-state index is -0.165. The number of carbonyl (C=O) groups excluding carboxylic acids is 1. The van der Waals surface area contributed by atoms with E-state index in [0.717, 1.165) is 5.56 Å². The number of hydrogen-bond acceptors (Lipinski definition) is 4. The first-order chi connectivity index (χ1) is 10.7. The molecule has 0 aliphatic carbocycles. The molecule has 0 atom stereocenters. The second-order valence-electron chi connectivity index (χ2n) is 4.65. The van der Waals surface area contributed by atoms with Crippen molar-refractivity contribution in [2.45, 2.75) is 6.42 Å². The van der Waals surface area contributed by atoms with Crippen LogP contribution in [0.3, 0.4) is 0 Å². The molecule has 6 heteroatoms. The van der Waals surface area contributed by atoms with Crippen molar-refractivity contribution in [3.63, 3.8) is 0 Å². The van der Waals surface area contributed by atoms with Crippen molar-refractivity contribution >= 4 is 23.2 Å². The van der Waals surface area contributed by atoms with E-state index in [1.807, 2.05) is 12.1 Å². The van der Waals surface area contributed by atoms with Crippen LogP contribution in [0.4, 0.5) is 5.69 Å². The molecule has 3 rings (SSSR count). The van der Waals surface area contributed by atoms with Crippen LogP contribution >= 0.6 is 11.6 Å². The van der Waals surface area contributed by atoms with Gasteiger partial charge in [0.1, 0.15) is 0 Å². The molecule has 0 saturated heterocycles. The average Bonchev–Trinajstić information content (AvgIpc) is 2.97. The van der Waals surface area contributed by atoms with Crippen LogP contribution in [0.15, 0.2) is 59.4 Å². The van der Waals surface area contributed by atoms with Gasteiger partial charge in [0.25, 0.3) is 0 Å². The summed E-state index contributed by atoms with van der Waals surface area (Å²) in [6.45, 7) is 0. The Labute approximate surface area is 131 Å². The van der Waals surface area contributed by atoms with Gasteiger partial charge in [0, 0.05) is 34.7 Å². The molecule has 0 aliphatic heterocycles. The van der Waals surface area contributed by atoms with Crippen LogP contribution in [0, 0.1) is 0 Å². The number of halogens is 1. The number of pyridine rings is 1. The Morgan fingerprint density at radius 1 is 1.14 bits per heavy atom. The maximum atomic E-state index is 11.9. The molecule has 2 aromatic heterocycles. The van der Waals surface area contributed by atoms with Crippen molar-refractivity contribution in [1.29, 1.82) is 0 Å². The fraction of sp³-hybridized carbons (Fsp3) is 0.0625. The highest BCUT2D eigenvalue weighted by atomic mass is 35.5. The van der Waals surface area contributed by atoms with Crippen LogP contribution in [0.2, 0.25) is 5.02 Å². The fourth-order valence-electron chi connectivity index (χ4n) is 1.95. The summed E-state index contributed by atoms with van der Waals surface area (Å²) < 4.78 is 5.26. The molecule has 1 aromatic carbocycles. The van der Waals surface area contributed by atoms with E-state index in [4.69, 9.17) is 16.1 Å². The molecule has 3 aromatic rings. The zero-order valence-electron chi connectivity index (χ0n) is 11.5. The van der Waals surface area contributed by atoms with Crippen molar-refractivity contribution in [1.82, 2.24) is 10.1 Å². The number of aromatic nitrogens is 2. The molecule has 1 amide bonds. The van der Waals surface area contributed by atoms with Crippen molar-refractivity contribution in [2.75, 3.05) is 5.32 Å². The molecule has 22 heavy (non-hydrogen) atoms. The molecular formula is C16H12ClN3O2. The Hall–Kier alpha value is -2.66. The van der Waals surface area contributed by atoms with Gasteiger partial charge in [-0.1, -0.05) is 16.8 Å². The van der Waals surface area contributed by atoms with Gasteiger partial charge in [-0.25, -0.2) is 0 Å². The first kappa shape index (κ1) is 14.3. The lowest BCUT2D eigenvalue weighted by Gasteiger charge is -2.02. The zero-order chi connectivity index (χ0) is 15.4. The van der Waals surface area contributed by atoms with E-state index in [2.05, 4.69) is 15.5 Å². The van der Waals surface area contributed by atoms with Crippen LogP contribution in [0.1, 0.15) is 5.69 Å². The summed E-state index contributed by atoms with van der Waals surface area (Å²) in [7, 11) is 0. The summed E-state index contributed by atoms with van der Waals surface area (Å²) in [6, 6.07) is 12.4. The second kappa shape index (κ2) is 6.41. The normalized spacial score (nSPS) is 10.4. The number of anilines is 1. The maximum absolute atomic E-state index is 11.9. The summed E-state index contributed by atoms with van der Waals surface area (Å²) in [4.78, 5) is 15.8. The number of hydrogen-bond donors (Lipinski definition) is 1. The van der Waals surface area contributed by atoms with Crippen molar-refractivity contribution in [2.24, 2.45) is 0 Å². The lowest BCUT2D eigenvalue weighted by molar-refractivity contribution is -0.115. The van der Waals surface area contributed by atoms with E-state index >= 15 is 0 Å². The number of nitrogens with zero attached hydrogens (tertiary/aromatic N) is 2. The lowest BCUT2D eigenvalue weighted by Crippen LogP contribution is -2.14. The second-order valence-corrected chi connectivity index (χ2v) is 5.09. The monoisotopic (exact) mass is 313 g/mol. The summed E-state index contributed by atoms with van der Waals surface area (Å²) in [5, 5.41) is 7.34. The van der Waals surface area contributed by atoms with Crippen molar-refractivity contribution < 1.29 is 9.32 Å². The fourth-order valence-corrected chi connectivity index (χ4v) is 2.08. The summed E-state index contributed by atoms with van der Waals surface area (Å²) >= 11 is 5.85. The molecule has 0 aliphatic rings. The molecule has 1 N–H and O–H groups in total. The standard InChI is InChI=1S/C16H12ClN3O2/c17-12-3-1-11(2-4-12)15-9-14(20-22-15)10-16(21)19-13-5-7-18-8-6-13/h1-9H,10H2,(H,18,19,21). The molecule has 0 radical (unpaired) electrons. The highest BCUT2D eigenvalue weighted by Crippen LogP contribution is 2.22. The SMILES string of the molecule is O=C(Cc1cc(-c2ccc(Cl)cc2)on1)Nc1ccncc1. The number of amides is 1. The summed E-state index contributed by atoms with van der Waals surface area (Å²) in [6.07, 6.45) is 3.37. The molecule has 2 heterocycles. The van der Waals surface area contributed by atoms with Gasteiger partial charge in [-0.15, -0.1) is 0 Å². The van der Waals surface area contributed by atoms with Crippen LogP contribution in [0.5, 0.6) is 0 Å². The largest absolute Gasteiger partial charge is 0.356 e. The van der Waals surface area contributed by atoms with Gasteiger partial charge in [0.05, 0.1) is 12.1 Å². The minimum Gasteiger partial charge on any atom is -0.356 e. The Bertz CT molecular complexity index is 770. The van der Waals surface area contributed by atoms with E-state index in [9.17, 15) is 4.79 Å². The predicted octanol–water partition coefficient (Wildman–Crippen LogP) is 3.57. The lowest BCUT2D eigenvalue weighted by atomic mass is 10.1. The number of benzene rings is 1. The van der Waals surface area contributed by atoms with Gasteiger partial charge in [0.2, 0.25) is 5.91 Å². The topological polar surface area (TPSA) is 68.0 Å². The van der Waals surface area contributed by atoms with Gasteiger partial charge in [-0.2, -0.15) is 0 Å². The third-order valence-corrected chi connectivity index (χ3v) is 3.25. The molecule has 5 nitrogen and oxygen atoms in total. The molecular weight excluding hydrogens is 302 g/mol. The number of carbonyl (C=O) groups is 1. The Morgan fingerprint density at radius 3 is 2.59 bits per heavy atom. The molecule has 0 bridgehead atoms. The molecule has 0 fully saturated rings. The molecule has 0 spiro atoms. The van der Waals surface area contributed by atoms with Gasteiger partial charge in [-0.3, -0.25) is 9.78 Å². The minimum absolute atomic E-state index is 0.138. The maximum Gasteiger partial charge on any atom is 0.230 e. The van der Waals surface area contributed by atoms with Crippen LogP contribution in [-0.4, -0.2) is 16.0 Å². The molecule has 110 valence electrons. The smallest absolute Gasteiger partial charge is 0.230 e. The number of nitrogens with one attached hydrogen (secondary N) is 1. The highest BCUT2D eigenvalue weighted by molar-refractivity contribution is 6.30. The molecule has 0 saturated carbocycles. The van der Waals surface area contributed by atoms with Crippen LogP contribution in [-0.2, 0) is 11.2 Å².